The van der Waals surface area contributed by atoms with E-state index in [2.05, 4.69) is 78.2 Å². The molecule has 1 aliphatic carbocycles. The van der Waals surface area contributed by atoms with Crippen molar-refractivity contribution in [1.29, 1.82) is 5.26 Å². The first kappa shape index (κ1) is 23.9. The van der Waals surface area contributed by atoms with E-state index in [1.807, 2.05) is 42.5 Å². The van der Waals surface area contributed by atoms with Crippen LogP contribution in [-0.2, 0) is 6.42 Å². The molecular weight excluding hydrogens is 530 g/mol. The van der Waals surface area contributed by atoms with Crippen LogP contribution in [0.5, 0.6) is 0 Å². The van der Waals surface area contributed by atoms with Gasteiger partial charge in [0.15, 0.2) is 5.58 Å². The lowest BCUT2D eigenvalue weighted by molar-refractivity contribution is 0.585. The molecule has 0 amide bonds. The molecule has 0 bridgehead atoms. The van der Waals surface area contributed by atoms with Gasteiger partial charge in [0, 0.05) is 43.7 Å². The number of rotatable bonds is 2. The third-order valence-electron chi connectivity index (χ3n) is 8.90. The van der Waals surface area contributed by atoms with E-state index in [1.165, 1.54) is 5.56 Å². The highest BCUT2D eigenvalue weighted by atomic mass is 16.3. The molecule has 2 N–H and O–H groups in total. The van der Waals surface area contributed by atoms with E-state index in [9.17, 15) is 5.26 Å². The van der Waals surface area contributed by atoms with Crippen molar-refractivity contribution >= 4 is 66.5 Å². The monoisotopic (exact) mass is 555 g/mol. The lowest BCUT2D eigenvalue weighted by atomic mass is 9.93. The largest absolute Gasteiger partial charge is 0.456 e. The van der Waals surface area contributed by atoms with Gasteiger partial charge in [0.2, 0.25) is 0 Å². The first-order valence-corrected chi connectivity index (χ1v) is 14.5. The van der Waals surface area contributed by atoms with Crippen molar-refractivity contribution in [3.05, 3.63) is 114 Å². The van der Waals surface area contributed by atoms with E-state index in [1.54, 1.807) is 0 Å². The Bertz CT molecular complexity index is 2530. The predicted octanol–water partition coefficient (Wildman–Crippen LogP) is 9.76. The van der Waals surface area contributed by atoms with Gasteiger partial charge < -0.3 is 19.1 Å². The number of para-hydroxylation sites is 1. The zero-order valence-electron chi connectivity index (χ0n) is 23.4. The van der Waals surface area contributed by atoms with Crippen molar-refractivity contribution in [3.8, 4) is 22.9 Å². The molecule has 5 heteroatoms. The highest BCUT2D eigenvalue weighted by Gasteiger charge is 2.24. The Labute approximate surface area is 246 Å². The van der Waals surface area contributed by atoms with Crippen LogP contribution in [-0.4, -0.2) is 4.57 Å². The summed E-state index contributed by atoms with van der Waals surface area (Å²) in [5, 5.41) is 15.4. The van der Waals surface area contributed by atoms with Gasteiger partial charge >= 0.3 is 0 Å². The summed E-state index contributed by atoms with van der Waals surface area (Å²) in [5.41, 5.74) is 16.2. The standard InChI is InChI=1S/C38H25N3O2/c1-21-6-13-36-29(16-21)28-12-11-27-26-4-2-3-5-32(26)41(37(27)38(28)43-36)33-17-22(20-39)7-10-25(33)23-8-14-34-30(18-23)31-19-24(40)9-15-35(31)42-34/h2-15,17-19,21H,16,40H2,1H3. The molecule has 43 heavy (non-hydrogen) atoms. The summed E-state index contributed by atoms with van der Waals surface area (Å²) < 4.78 is 15.1. The number of fused-ring (bicyclic) bond motifs is 10. The first-order valence-electron chi connectivity index (χ1n) is 14.5. The summed E-state index contributed by atoms with van der Waals surface area (Å²) in [6.07, 6.45) is 5.28. The van der Waals surface area contributed by atoms with Crippen LogP contribution in [0.1, 0.15) is 23.8 Å². The lowest BCUT2D eigenvalue weighted by Crippen LogP contribution is -2.00. The normalized spacial score (nSPS) is 14.7. The summed E-state index contributed by atoms with van der Waals surface area (Å²) >= 11 is 0. The van der Waals surface area contributed by atoms with Gasteiger partial charge in [0.1, 0.15) is 16.9 Å². The molecule has 0 fully saturated rings. The Hall–Kier alpha value is -5.73. The number of hydrogen-bond donors (Lipinski definition) is 1. The molecule has 204 valence electrons. The third-order valence-corrected chi connectivity index (χ3v) is 8.90. The fourth-order valence-electron chi connectivity index (χ4n) is 6.90. The average molecular weight is 556 g/mol. The molecule has 0 saturated carbocycles. The van der Waals surface area contributed by atoms with Crippen molar-refractivity contribution in [3.63, 3.8) is 0 Å². The molecule has 1 atom stereocenters. The van der Waals surface area contributed by atoms with E-state index < -0.39 is 0 Å². The van der Waals surface area contributed by atoms with Crippen molar-refractivity contribution < 1.29 is 8.83 Å². The molecule has 3 aromatic heterocycles. The summed E-state index contributed by atoms with van der Waals surface area (Å²) in [6.45, 7) is 2.24. The topological polar surface area (TPSA) is 81.0 Å². The minimum Gasteiger partial charge on any atom is -0.456 e. The zero-order chi connectivity index (χ0) is 28.8. The highest BCUT2D eigenvalue weighted by Crippen LogP contribution is 2.43. The maximum absolute atomic E-state index is 10.0. The minimum atomic E-state index is 0.457. The summed E-state index contributed by atoms with van der Waals surface area (Å²) in [7, 11) is 0. The van der Waals surface area contributed by atoms with E-state index in [0.29, 0.717) is 17.2 Å². The Morgan fingerprint density at radius 3 is 2.51 bits per heavy atom. The Kier molecular flexibility index (Phi) is 4.81. The van der Waals surface area contributed by atoms with Crippen LogP contribution in [0.2, 0.25) is 0 Å². The summed E-state index contributed by atoms with van der Waals surface area (Å²) in [4.78, 5) is 0. The third kappa shape index (κ3) is 3.38. The van der Waals surface area contributed by atoms with Crippen molar-refractivity contribution in [2.24, 2.45) is 5.92 Å². The summed E-state index contributed by atoms with van der Waals surface area (Å²) in [5.74, 6) is 1.39. The van der Waals surface area contributed by atoms with E-state index in [4.69, 9.17) is 14.6 Å². The molecule has 9 rings (SSSR count). The van der Waals surface area contributed by atoms with Gasteiger partial charge in [0.25, 0.3) is 0 Å². The molecule has 5 nitrogen and oxygen atoms in total. The second-order valence-corrected chi connectivity index (χ2v) is 11.6. The summed E-state index contributed by atoms with van der Waals surface area (Å²) in [6, 6.07) is 33.1. The number of nitrogen functional groups attached to an aromatic ring is 1. The van der Waals surface area contributed by atoms with Crippen molar-refractivity contribution in [2.75, 3.05) is 5.73 Å². The van der Waals surface area contributed by atoms with Crippen LogP contribution in [0.3, 0.4) is 0 Å². The average Bonchev–Trinajstić information content (AvgIpc) is 3.69. The molecule has 0 radical (unpaired) electrons. The Morgan fingerprint density at radius 2 is 1.63 bits per heavy atom. The number of benzene rings is 5. The van der Waals surface area contributed by atoms with Gasteiger partial charge in [-0.15, -0.1) is 0 Å². The molecule has 8 aromatic rings. The molecule has 0 aliphatic heterocycles. The maximum atomic E-state index is 10.0. The van der Waals surface area contributed by atoms with Gasteiger partial charge in [-0.25, -0.2) is 0 Å². The smallest absolute Gasteiger partial charge is 0.159 e. The van der Waals surface area contributed by atoms with Gasteiger partial charge in [-0.2, -0.15) is 5.26 Å². The SMILES string of the molecule is CC1C=Cc2oc3c(ccc4c5ccccc5n(-c5cc(C#N)ccc5-c5ccc6oc7ccc(N)cc7c6c5)c43)c2C1. The van der Waals surface area contributed by atoms with Gasteiger partial charge in [-0.05, 0) is 72.5 Å². The van der Waals surface area contributed by atoms with Crippen LogP contribution >= 0.6 is 0 Å². The molecule has 0 saturated heterocycles. The quantitative estimate of drug-likeness (QED) is 0.215. The fraction of sp³-hybridized carbons (Fsp3) is 0.0789. The van der Waals surface area contributed by atoms with Crippen molar-refractivity contribution in [1.82, 2.24) is 4.57 Å². The fourth-order valence-corrected chi connectivity index (χ4v) is 6.90. The molecule has 5 aromatic carbocycles. The number of anilines is 1. The van der Waals surface area contributed by atoms with Gasteiger partial charge in [0.05, 0.1) is 28.4 Å². The second kappa shape index (κ2) is 8.64. The second-order valence-electron chi connectivity index (χ2n) is 11.6. The Balaban J connectivity index is 1.39. The maximum Gasteiger partial charge on any atom is 0.159 e. The molecular formula is C38H25N3O2. The number of furan rings is 2. The number of aromatic nitrogens is 1. The number of nitriles is 1. The molecule has 1 unspecified atom stereocenters. The molecule has 0 spiro atoms. The van der Waals surface area contributed by atoms with E-state index >= 15 is 0 Å². The number of nitrogens with zero attached hydrogens (tertiary/aromatic N) is 2. The van der Waals surface area contributed by atoms with Crippen LogP contribution in [0, 0.1) is 17.2 Å². The first-order chi connectivity index (χ1) is 21.1. The number of nitrogens with two attached hydrogens (primary N) is 1. The zero-order valence-corrected chi connectivity index (χ0v) is 23.4. The van der Waals surface area contributed by atoms with Gasteiger partial charge in [-0.3, -0.25) is 0 Å². The number of allylic oxidation sites excluding steroid dienone is 1. The van der Waals surface area contributed by atoms with Crippen molar-refractivity contribution in [2.45, 2.75) is 13.3 Å². The van der Waals surface area contributed by atoms with Crippen LogP contribution in [0.15, 0.2) is 106 Å². The minimum absolute atomic E-state index is 0.457. The van der Waals surface area contributed by atoms with Gasteiger partial charge in [-0.1, -0.05) is 55.5 Å². The Morgan fingerprint density at radius 1 is 0.814 bits per heavy atom. The highest BCUT2D eigenvalue weighted by molar-refractivity contribution is 6.18. The van der Waals surface area contributed by atoms with Crippen LogP contribution in [0.4, 0.5) is 5.69 Å². The molecule has 1 aliphatic rings. The lowest BCUT2D eigenvalue weighted by Gasteiger charge is -2.15. The van der Waals surface area contributed by atoms with E-state index in [-0.39, 0.29) is 0 Å². The van der Waals surface area contributed by atoms with E-state index in [0.717, 1.165) is 83.7 Å². The number of hydrogen-bond acceptors (Lipinski definition) is 4. The van der Waals surface area contributed by atoms with Crippen LogP contribution in [0.25, 0.3) is 77.6 Å². The van der Waals surface area contributed by atoms with Crippen LogP contribution < -0.4 is 5.73 Å². The predicted molar refractivity (Wildman–Crippen MR) is 174 cm³/mol. The molecule has 3 heterocycles.